The number of hydrogen-bond acceptors (Lipinski definition) is 6. The summed E-state index contributed by atoms with van der Waals surface area (Å²) in [5.41, 5.74) is 0. The number of rotatable bonds is 2. The zero-order valence-electron chi connectivity index (χ0n) is 8.96. The van der Waals surface area contributed by atoms with Crippen LogP contribution in [-0.4, -0.2) is 73.6 Å². The molecule has 17 heavy (non-hydrogen) atoms. The summed E-state index contributed by atoms with van der Waals surface area (Å²) in [5, 5.41) is 29.1. The van der Waals surface area contributed by atoms with E-state index in [0.29, 0.717) is 13.0 Å². The van der Waals surface area contributed by atoms with Gasteiger partial charge in [-0.1, -0.05) is 0 Å². The first kappa shape index (κ1) is 13.4. The Morgan fingerprint density at radius 3 is 2.41 bits per heavy atom. The predicted molar refractivity (Wildman–Crippen MR) is 54.9 cm³/mol. The molecule has 2 fully saturated rings. The van der Waals surface area contributed by atoms with Gasteiger partial charge in [0.1, 0.15) is 18.3 Å². The van der Waals surface area contributed by atoms with Gasteiger partial charge < -0.3 is 25.1 Å². The van der Waals surface area contributed by atoms with E-state index in [2.05, 4.69) is 4.52 Å². The molecule has 0 radical (unpaired) electrons. The van der Waals surface area contributed by atoms with Gasteiger partial charge in [-0.3, -0.25) is 9.42 Å². The van der Waals surface area contributed by atoms with Crippen LogP contribution in [0.25, 0.3) is 0 Å². The van der Waals surface area contributed by atoms with Crippen molar-refractivity contribution < 1.29 is 34.2 Å². The summed E-state index contributed by atoms with van der Waals surface area (Å²) in [5.74, 6) is 0. The third-order valence-corrected chi connectivity index (χ3v) is 3.84. The standard InChI is InChI=1S/C8H16NO7P/c10-4-1-2-9-3-5(16-17(13,14)15)7(11)8(12)6(4)9/h4-8,10-12H,1-3H2,(H2,13,14,15)/t4-,5-,6+,7+,8+/m0/s1. The van der Waals surface area contributed by atoms with Gasteiger partial charge in [-0.2, -0.15) is 0 Å². The number of aliphatic hydroxyl groups excluding tert-OH is 3. The number of fused-ring (bicyclic) bond motifs is 1. The molecule has 0 aromatic rings. The first-order chi connectivity index (χ1) is 7.79. The fourth-order valence-electron chi connectivity index (χ4n) is 2.55. The van der Waals surface area contributed by atoms with Gasteiger partial charge in [0.15, 0.2) is 0 Å². The number of aliphatic hydroxyl groups is 3. The molecule has 8 nitrogen and oxygen atoms in total. The Labute approximate surface area is 97.7 Å². The lowest BCUT2D eigenvalue weighted by molar-refractivity contribution is -0.137. The van der Waals surface area contributed by atoms with Crippen LogP contribution in [0.4, 0.5) is 0 Å². The topological polar surface area (TPSA) is 131 Å². The molecule has 0 aromatic heterocycles. The van der Waals surface area contributed by atoms with Gasteiger partial charge in [-0.05, 0) is 6.42 Å². The zero-order valence-corrected chi connectivity index (χ0v) is 9.85. The molecule has 2 rings (SSSR count). The van der Waals surface area contributed by atoms with Gasteiger partial charge in [0.25, 0.3) is 0 Å². The van der Waals surface area contributed by atoms with Crippen LogP contribution in [0.15, 0.2) is 0 Å². The van der Waals surface area contributed by atoms with Gasteiger partial charge in [0.2, 0.25) is 0 Å². The van der Waals surface area contributed by atoms with Crippen LogP contribution in [0.2, 0.25) is 0 Å². The maximum absolute atomic E-state index is 10.7. The number of nitrogens with zero attached hydrogens (tertiary/aromatic N) is 1. The Kier molecular flexibility index (Phi) is 3.59. The Hall–Kier alpha value is -0.0500. The van der Waals surface area contributed by atoms with Crippen LogP contribution >= 0.6 is 7.82 Å². The molecule has 9 heteroatoms. The molecular formula is C8H16NO7P. The lowest BCUT2D eigenvalue weighted by Crippen LogP contribution is -2.61. The van der Waals surface area contributed by atoms with Crippen molar-refractivity contribution in [3.8, 4) is 0 Å². The molecule has 100 valence electrons. The van der Waals surface area contributed by atoms with E-state index in [4.69, 9.17) is 9.79 Å². The van der Waals surface area contributed by atoms with Crippen molar-refractivity contribution in [2.24, 2.45) is 0 Å². The summed E-state index contributed by atoms with van der Waals surface area (Å²) in [7, 11) is -4.71. The SMILES string of the molecule is O=P(O)(O)O[C@H]1CN2CC[C@H](O)[C@@H]2[C@@H](O)[C@@H]1O. The summed E-state index contributed by atoms with van der Waals surface area (Å²) < 4.78 is 15.2. The highest BCUT2D eigenvalue weighted by atomic mass is 31.2. The molecule has 0 spiro atoms. The molecular weight excluding hydrogens is 253 g/mol. The third-order valence-electron chi connectivity index (χ3n) is 3.30. The maximum Gasteiger partial charge on any atom is 0.469 e. The van der Waals surface area contributed by atoms with Crippen LogP contribution in [0, 0.1) is 0 Å². The lowest BCUT2D eigenvalue weighted by atomic mass is 9.93. The van der Waals surface area contributed by atoms with Gasteiger partial charge in [-0.15, -0.1) is 0 Å². The summed E-state index contributed by atoms with van der Waals surface area (Å²) in [6, 6.07) is -0.596. The molecule has 2 aliphatic heterocycles. The molecule has 0 bridgehead atoms. The first-order valence-corrected chi connectivity index (χ1v) is 6.85. The molecule has 2 aliphatic rings. The van der Waals surface area contributed by atoms with Crippen LogP contribution in [0.1, 0.15) is 6.42 Å². The maximum atomic E-state index is 10.7. The fourth-order valence-corrected chi connectivity index (χ4v) is 3.10. The second-order valence-corrected chi connectivity index (χ2v) is 5.65. The minimum atomic E-state index is -4.71. The van der Waals surface area contributed by atoms with Crippen LogP contribution in [0.3, 0.4) is 0 Å². The van der Waals surface area contributed by atoms with Crippen molar-refractivity contribution in [2.75, 3.05) is 13.1 Å². The molecule has 0 saturated carbocycles. The van der Waals surface area contributed by atoms with Crippen molar-refractivity contribution in [3.05, 3.63) is 0 Å². The molecule has 5 atom stereocenters. The highest BCUT2D eigenvalue weighted by Gasteiger charge is 2.49. The van der Waals surface area contributed by atoms with Crippen molar-refractivity contribution in [3.63, 3.8) is 0 Å². The minimum absolute atomic E-state index is 0.0745. The summed E-state index contributed by atoms with van der Waals surface area (Å²) in [6.07, 6.45) is -4.14. The Bertz CT molecular complexity index is 334. The largest absolute Gasteiger partial charge is 0.469 e. The normalized spacial score (nSPS) is 43.7. The summed E-state index contributed by atoms with van der Waals surface area (Å²) >= 11 is 0. The van der Waals surface area contributed by atoms with Crippen LogP contribution < -0.4 is 0 Å². The smallest absolute Gasteiger partial charge is 0.391 e. The van der Waals surface area contributed by atoms with Crippen molar-refractivity contribution >= 4 is 7.82 Å². The second kappa shape index (κ2) is 4.56. The van der Waals surface area contributed by atoms with Crippen LogP contribution in [-0.2, 0) is 9.09 Å². The zero-order chi connectivity index (χ0) is 12.8. The second-order valence-electron chi connectivity index (χ2n) is 4.46. The quantitative estimate of drug-likeness (QED) is 0.352. The van der Waals surface area contributed by atoms with Gasteiger partial charge >= 0.3 is 7.82 Å². The molecule has 0 amide bonds. The van der Waals surface area contributed by atoms with E-state index >= 15 is 0 Å². The van der Waals surface area contributed by atoms with E-state index in [1.54, 1.807) is 4.90 Å². The number of hydrogen-bond donors (Lipinski definition) is 5. The minimum Gasteiger partial charge on any atom is -0.391 e. The van der Waals surface area contributed by atoms with E-state index in [-0.39, 0.29) is 6.54 Å². The molecule has 0 aromatic carbocycles. The highest BCUT2D eigenvalue weighted by Crippen LogP contribution is 2.41. The van der Waals surface area contributed by atoms with E-state index in [1.807, 2.05) is 0 Å². The number of phosphoric ester groups is 1. The lowest BCUT2D eigenvalue weighted by Gasteiger charge is -2.42. The third kappa shape index (κ3) is 2.69. The van der Waals surface area contributed by atoms with E-state index in [9.17, 15) is 19.9 Å². The van der Waals surface area contributed by atoms with E-state index < -0.39 is 38.3 Å². The predicted octanol–water partition coefficient (Wildman–Crippen LogP) is -2.37. The number of phosphoric acid groups is 1. The average Bonchev–Trinajstić information content (AvgIpc) is 2.54. The van der Waals surface area contributed by atoms with Gasteiger partial charge in [-0.25, -0.2) is 4.57 Å². The van der Waals surface area contributed by atoms with Gasteiger partial charge in [0.05, 0.1) is 12.1 Å². The summed E-state index contributed by atoms with van der Waals surface area (Å²) in [4.78, 5) is 19.1. The van der Waals surface area contributed by atoms with Gasteiger partial charge in [0, 0.05) is 13.1 Å². The molecule has 2 saturated heterocycles. The average molecular weight is 269 g/mol. The number of piperidine rings is 1. The van der Waals surface area contributed by atoms with Crippen LogP contribution in [0.5, 0.6) is 0 Å². The van der Waals surface area contributed by atoms with E-state index in [0.717, 1.165) is 0 Å². The highest BCUT2D eigenvalue weighted by molar-refractivity contribution is 7.46. The Morgan fingerprint density at radius 1 is 1.18 bits per heavy atom. The molecule has 5 N–H and O–H groups in total. The molecule has 2 heterocycles. The molecule has 0 aliphatic carbocycles. The van der Waals surface area contributed by atoms with Crippen molar-refractivity contribution in [2.45, 2.75) is 36.9 Å². The van der Waals surface area contributed by atoms with Crippen molar-refractivity contribution in [1.82, 2.24) is 4.90 Å². The van der Waals surface area contributed by atoms with E-state index in [1.165, 1.54) is 0 Å². The molecule has 0 unspecified atom stereocenters. The monoisotopic (exact) mass is 269 g/mol. The first-order valence-electron chi connectivity index (χ1n) is 5.32. The summed E-state index contributed by atoms with van der Waals surface area (Å²) in [6.45, 7) is 0.571. The Balaban J connectivity index is 2.10. The fraction of sp³-hybridized carbons (Fsp3) is 1.00. The van der Waals surface area contributed by atoms with Crippen molar-refractivity contribution in [1.29, 1.82) is 0 Å². The Morgan fingerprint density at radius 2 is 1.82 bits per heavy atom.